The summed E-state index contributed by atoms with van der Waals surface area (Å²) in [4.78, 5) is 25.1. The number of carbonyl (C=O) groups is 1. The second-order valence-corrected chi connectivity index (χ2v) is 8.27. The van der Waals surface area contributed by atoms with Crippen LogP contribution in [0.5, 0.6) is 23.0 Å². The summed E-state index contributed by atoms with van der Waals surface area (Å²) in [5, 5.41) is 0.309. The second-order valence-electron chi connectivity index (χ2n) is 7.83. The number of halogens is 4. The Morgan fingerprint density at radius 1 is 0.972 bits per heavy atom. The Kier molecular flexibility index (Phi) is 6.94. The van der Waals surface area contributed by atoms with Crippen molar-refractivity contribution in [3.05, 3.63) is 92.8 Å². The summed E-state index contributed by atoms with van der Waals surface area (Å²) in [6.45, 7) is 2.91. The fourth-order valence-corrected chi connectivity index (χ4v) is 3.39. The topological polar surface area (TPSA) is 75.0 Å². The molecule has 0 bridgehead atoms. The van der Waals surface area contributed by atoms with E-state index in [4.69, 9.17) is 30.2 Å². The standard InChI is InChI=1S/C26H18ClF3O6/c1-14-3-4-15(2)20(11-14)35-24-23(32)19-10-9-18(12-21(19)36-25(24)26(28,29)30)34-22(31)13-33-17-7-5-16(27)6-8-17/h3-12H,13H2,1-2H3. The van der Waals surface area contributed by atoms with Crippen LogP contribution in [0.1, 0.15) is 16.9 Å². The molecule has 1 aromatic heterocycles. The molecular weight excluding hydrogens is 501 g/mol. The van der Waals surface area contributed by atoms with Crippen molar-refractivity contribution in [3.8, 4) is 23.0 Å². The number of alkyl halides is 3. The van der Waals surface area contributed by atoms with Crippen LogP contribution in [0.2, 0.25) is 5.02 Å². The van der Waals surface area contributed by atoms with Gasteiger partial charge in [-0.05, 0) is 67.4 Å². The molecule has 4 rings (SSSR count). The van der Waals surface area contributed by atoms with Gasteiger partial charge in [0.05, 0.1) is 5.39 Å². The maximum atomic E-state index is 13.8. The largest absolute Gasteiger partial charge is 0.482 e. The quantitative estimate of drug-likeness (QED) is 0.205. The highest BCUT2D eigenvalue weighted by Crippen LogP contribution is 2.39. The van der Waals surface area contributed by atoms with E-state index >= 15 is 0 Å². The van der Waals surface area contributed by atoms with E-state index in [1.54, 1.807) is 50.2 Å². The Morgan fingerprint density at radius 3 is 2.36 bits per heavy atom. The van der Waals surface area contributed by atoms with Gasteiger partial charge in [-0.2, -0.15) is 13.2 Å². The van der Waals surface area contributed by atoms with E-state index in [-0.39, 0.29) is 16.9 Å². The lowest BCUT2D eigenvalue weighted by Gasteiger charge is -2.15. The first-order chi connectivity index (χ1) is 17.0. The highest BCUT2D eigenvalue weighted by molar-refractivity contribution is 6.30. The highest BCUT2D eigenvalue weighted by atomic mass is 35.5. The molecule has 0 fully saturated rings. The highest BCUT2D eigenvalue weighted by Gasteiger charge is 2.40. The molecule has 0 unspecified atom stereocenters. The Labute approximate surface area is 207 Å². The van der Waals surface area contributed by atoms with Crippen LogP contribution in [-0.4, -0.2) is 12.6 Å². The first-order valence-electron chi connectivity index (χ1n) is 10.5. The third-order valence-corrected chi connectivity index (χ3v) is 5.29. The third kappa shape index (κ3) is 5.63. The van der Waals surface area contributed by atoms with E-state index in [0.29, 0.717) is 16.3 Å². The fraction of sp³-hybridized carbons (Fsp3) is 0.154. The predicted molar refractivity (Wildman–Crippen MR) is 126 cm³/mol. The Hall–Kier alpha value is -3.98. The van der Waals surface area contributed by atoms with Crippen LogP contribution >= 0.6 is 11.6 Å². The number of rotatable bonds is 6. The van der Waals surface area contributed by atoms with Crippen LogP contribution < -0.4 is 19.6 Å². The first kappa shape index (κ1) is 25.1. The van der Waals surface area contributed by atoms with Gasteiger partial charge in [0.15, 0.2) is 6.61 Å². The van der Waals surface area contributed by atoms with Crippen LogP contribution in [0.4, 0.5) is 13.2 Å². The molecule has 186 valence electrons. The van der Waals surface area contributed by atoms with Gasteiger partial charge in [0.1, 0.15) is 22.8 Å². The summed E-state index contributed by atoms with van der Waals surface area (Å²) in [5.74, 6) is -3.07. The summed E-state index contributed by atoms with van der Waals surface area (Å²) in [5.41, 5.74) is -0.171. The van der Waals surface area contributed by atoms with Crippen molar-refractivity contribution in [2.75, 3.05) is 6.61 Å². The van der Waals surface area contributed by atoms with Crippen LogP contribution in [0.3, 0.4) is 0 Å². The average Bonchev–Trinajstić information content (AvgIpc) is 2.82. The van der Waals surface area contributed by atoms with Gasteiger partial charge in [-0.25, -0.2) is 4.79 Å². The maximum absolute atomic E-state index is 13.8. The lowest BCUT2D eigenvalue weighted by Crippen LogP contribution is -2.18. The number of fused-ring (bicyclic) bond motifs is 1. The van der Waals surface area contributed by atoms with E-state index in [1.807, 2.05) is 0 Å². The van der Waals surface area contributed by atoms with Crippen LogP contribution in [0.25, 0.3) is 11.0 Å². The zero-order valence-electron chi connectivity index (χ0n) is 18.9. The van der Waals surface area contributed by atoms with Crippen molar-refractivity contribution in [3.63, 3.8) is 0 Å². The SMILES string of the molecule is Cc1ccc(C)c(Oc2c(C(F)(F)F)oc3cc(OC(=O)COc4ccc(Cl)cc4)ccc3c2=O)c1. The number of benzene rings is 3. The number of aryl methyl sites for hydroxylation is 2. The zero-order valence-corrected chi connectivity index (χ0v) is 19.7. The van der Waals surface area contributed by atoms with Gasteiger partial charge in [0, 0.05) is 11.1 Å². The molecule has 0 aliphatic heterocycles. The normalized spacial score (nSPS) is 11.4. The van der Waals surface area contributed by atoms with E-state index < -0.39 is 41.3 Å². The molecule has 1 heterocycles. The van der Waals surface area contributed by atoms with Gasteiger partial charge in [-0.15, -0.1) is 0 Å². The third-order valence-electron chi connectivity index (χ3n) is 5.04. The lowest BCUT2D eigenvalue weighted by molar-refractivity contribution is -0.154. The van der Waals surface area contributed by atoms with Gasteiger partial charge in [-0.3, -0.25) is 4.79 Å². The Balaban J connectivity index is 1.63. The zero-order chi connectivity index (χ0) is 26.0. The van der Waals surface area contributed by atoms with Gasteiger partial charge in [0.2, 0.25) is 11.2 Å². The Morgan fingerprint density at radius 2 is 1.67 bits per heavy atom. The van der Waals surface area contributed by atoms with E-state index in [9.17, 15) is 22.8 Å². The molecule has 36 heavy (non-hydrogen) atoms. The Bertz CT molecular complexity index is 1490. The molecule has 6 nitrogen and oxygen atoms in total. The molecule has 3 aromatic carbocycles. The number of esters is 1. The van der Waals surface area contributed by atoms with Crippen LogP contribution in [0.15, 0.2) is 69.9 Å². The second kappa shape index (κ2) is 9.94. The van der Waals surface area contributed by atoms with Crippen molar-refractivity contribution < 1.29 is 36.6 Å². The molecule has 10 heteroatoms. The van der Waals surface area contributed by atoms with Crippen molar-refractivity contribution in [2.24, 2.45) is 0 Å². The smallest absolute Gasteiger partial charge is 0.453 e. The molecule has 4 aromatic rings. The first-order valence-corrected chi connectivity index (χ1v) is 10.9. The summed E-state index contributed by atoms with van der Waals surface area (Å²) in [7, 11) is 0. The lowest BCUT2D eigenvalue weighted by atomic mass is 10.1. The van der Waals surface area contributed by atoms with E-state index in [1.165, 1.54) is 18.2 Å². The molecule has 0 amide bonds. The van der Waals surface area contributed by atoms with Gasteiger partial charge in [0.25, 0.3) is 5.76 Å². The minimum absolute atomic E-state index is 0.0957. The molecule has 0 aliphatic carbocycles. The average molecular weight is 519 g/mol. The van der Waals surface area contributed by atoms with Crippen LogP contribution in [-0.2, 0) is 11.0 Å². The number of hydrogen-bond acceptors (Lipinski definition) is 6. The molecule has 0 N–H and O–H groups in total. The number of hydrogen-bond donors (Lipinski definition) is 0. The summed E-state index contributed by atoms with van der Waals surface area (Å²) < 4.78 is 62.3. The molecule has 0 saturated heterocycles. The minimum Gasteiger partial charge on any atom is -0.482 e. The minimum atomic E-state index is -5.03. The van der Waals surface area contributed by atoms with Crippen molar-refractivity contribution in [1.29, 1.82) is 0 Å². The number of ether oxygens (including phenoxy) is 3. The molecule has 0 saturated carbocycles. The summed E-state index contributed by atoms with van der Waals surface area (Å²) in [6.07, 6.45) is -5.03. The van der Waals surface area contributed by atoms with Crippen molar-refractivity contribution in [1.82, 2.24) is 0 Å². The van der Waals surface area contributed by atoms with Gasteiger partial charge < -0.3 is 18.6 Å². The molecule has 0 spiro atoms. The molecule has 0 aliphatic rings. The molecular formula is C26H18ClF3O6. The van der Waals surface area contributed by atoms with Crippen molar-refractivity contribution >= 4 is 28.5 Å². The van der Waals surface area contributed by atoms with E-state index in [0.717, 1.165) is 11.6 Å². The van der Waals surface area contributed by atoms with Crippen LogP contribution in [0, 0.1) is 13.8 Å². The molecule has 0 radical (unpaired) electrons. The van der Waals surface area contributed by atoms with Gasteiger partial charge in [-0.1, -0.05) is 23.7 Å². The summed E-state index contributed by atoms with van der Waals surface area (Å²) >= 11 is 5.79. The number of carbonyl (C=O) groups excluding carboxylic acids is 1. The monoisotopic (exact) mass is 518 g/mol. The molecule has 0 atom stereocenters. The summed E-state index contributed by atoms with van der Waals surface area (Å²) in [6, 6.07) is 14.7. The maximum Gasteiger partial charge on any atom is 0.453 e. The van der Waals surface area contributed by atoms with Gasteiger partial charge >= 0.3 is 12.1 Å². The van der Waals surface area contributed by atoms with E-state index in [2.05, 4.69) is 0 Å². The van der Waals surface area contributed by atoms with Crippen molar-refractivity contribution in [2.45, 2.75) is 20.0 Å². The predicted octanol–water partition coefficient (Wildman–Crippen LogP) is 6.86. The fourth-order valence-electron chi connectivity index (χ4n) is 3.26.